The molecule has 3 aromatic rings. The third-order valence-electron chi connectivity index (χ3n) is 2.78. The number of rotatable bonds is 2. The highest BCUT2D eigenvalue weighted by atomic mass is 16.5. The first-order valence-electron chi connectivity index (χ1n) is 5.85. The minimum absolute atomic E-state index is 0.437. The maximum Gasteiger partial charge on any atom is 0.258 e. The van der Waals surface area contributed by atoms with Gasteiger partial charge in [0.15, 0.2) is 0 Å². The van der Waals surface area contributed by atoms with Crippen LogP contribution in [0.5, 0.6) is 0 Å². The van der Waals surface area contributed by atoms with Crippen molar-refractivity contribution in [3.63, 3.8) is 0 Å². The molecule has 0 bridgehead atoms. The smallest absolute Gasteiger partial charge is 0.258 e. The van der Waals surface area contributed by atoms with E-state index in [4.69, 9.17) is 10.3 Å². The summed E-state index contributed by atoms with van der Waals surface area (Å²) in [6.07, 6.45) is 1.71. The minimum atomic E-state index is 0.437. The van der Waals surface area contributed by atoms with Gasteiger partial charge in [0.2, 0.25) is 5.82 Å². The van der Waals surface area contributed by atoms with E-state index in [1.54, 1.807) is 12.3 Å². The number of benzene rings is 1. The molecule has 2 N–H and O–H groups in total. The molecule has 0 aliphatic heterocycles. The number of nitrogens with two attached hydrogens (primary N) is 1. The predicted octanol–water partition coefficient (Wildman–Crippen LogP) is 2.69. The lowest BCUT2D eigenvalue weighted by atomic mass is 10.2. The third-order valence-corrected chi connectivity index (χ3v) is 2.78. The molecular weight excluding hydrogens is 240 g/mol. The second kappa shape index (κ2) is 4.53. The van der Waals surface area contributed by atoms with E-state index >= 15 is 0 Å². The van der Waals surface area contributed by atoms with E-state index in [2.05, 4.69) is 15.1 Å². The Morgan fingerprint density at radius 2 is 2.05 bits per heavy atom. The van der Waals surface area contributed by atoms with E-state index in [1.165, 1.54) is 0 Å². The van der Waals surface area contributed by atoms with Crippen molar-refractivity contribution in [2.45, 2.75) is 6.92 Å². The first-order valence-corrected chi connectivity index (χ1v) is 5.85. The van der Waals surface area contributed by atoms with Crippen LogP contribution in [0.15, 0.2) is 47.1 Å². The van der Waals surface area contributed by atoms with Gasteiger partial charge in [0.1, 0.15) is 5.69 Å². The lowest BCUT2D eigenvalue weighted by Gasteiger charge is -1.97. The molecule has 0 aliphatic rings. The molecule has 19 heavy (non-hydrogen) atoms. The third kappa shape index (κ3) is 2.18. The zero-order chi connectivity index (χ0) is 13.2. The summed E-state index contributed by atoms with van der Waals surface area (Å²) in [5, 5.41) is 3.96. The number of anilines is 1. The molecule has 0 spiro atoms. The number of hydrogen-bond acceptors (Lipinski definition) is 5. The summed E-state index contributed by atoms with van der Waals surface area (Å²) in [5.41, 5.74) is 8.92. The second-order valence-corrected chi connectivity index (χ2v) is 4.22. The van der Waals surface area contributed by atoms with Crippen molar-refractivity contribution in [2.24, 2.45) is 0 Å². The highest BCUT2D eigenvalue weighted by Gasteiger charge is 2.13. The lowest BCUT2D eigenvalue weighted by molar-refractivity contribution is 0.432. The summed E-state index contributed by atoms with van der Waals surface area (Å²) in [6, 6.07) is 11.2. The number of nitrogens with zero attached hydrogens (tertiary/aromatic N) is 3. The standard InChI is InChI=1S/C14H12N4O/c1-9-4-3-7-16-12(9)13-17-14(19-18-13)10-5-2-6-11(15)8-10/h2-8H,15H2,1H3. The SMILES string of the molecule is Cc1cccnc1-c1noc(-c2cccc(N)c2)n1. The van der Waals surface area contributed by atoms with Gasteiger partial charge < -0.3 is 10.3 Å². The molecular formula is C14H12N4O. The Kier molecular flexibility index (Phi) is 2.72. The predicted molar refractivity (Wildman–Crippen MR) is 72.1 cm³/mol. The summed E-state index contributed by atoms with van der Waals surface area (Å²) < 4.78 is 5.26. The first-order chi connectivity index (χ1) is 9.24. The van der Waals surface area contributed by atoms with Gasteiger partial charge in [0.25, 0.3) is 5.89 Å². The average molecular weight is 252 g/mol. The van der Waals surface area contributed by atoms with Crippen molar-refractivity contribution in [3.05, 3.63) is 48.2 Å². The largest absolute Gasteiger partial charge is 0.399 e. The number of aromatic nitrogens is 3. The molecule has 0 atom stereocenters. The molecule has 5 nitrogen and oxygen atoms in total. The molecule has 3 rings (SSSR count). The van der Waals surface area contributed by atoms with E-state index in [1.807, 2.05) is 37.3 Å². The topological polar surface area (TPSA) is 77.8 Å². The Bertz CT molecular complexity index is 721. The Hall–Kier alpha value is -2.69. The van der Waals surface area contributed by atoms with Crippen LogP contribution in [0.25, 0.3) is 23.0 Å². The highest BCUT2D eigenvalue weighted by Crippen LogP contribution is 2.23. The van der Waals surface area contributed by atoms with Gasteiger partial charge >= 0.3 is 0 Å². The number of aryl methyl sites for hydroxylation is 1. The number of pyridine rings is 1. The lowest BCUT2D eigenvalue weighted by Crippen LogP contribution is -1.89. The average Bonchev–Trinajstić information content (AvgIpc) is 2.89. The van der Waals surface area contributed by atoms with Crippen molar-refractivity contribution in [3.8, 4) is 23.0 Å². The summed E-state index contributed by atoms with van der Waals surface area (Å²) in [5.74, 6) is 0.919. The Morgan fingerprint density at radius 3 is 2.84 bits per heavy atom. The van der Waals surface area contributed by atoms with E-state index in [-0.39, 0.29) is 0 Å². The van der Waals surface area contributed by atoms with Gasteiger partial charge in [0.05, 0.1) is 0 Å². The quantitative estimate of drug-likeness (QED) is 0.709. The van der Waals surface area contributed by atoms with Crippen molar-refractivity contribution >= 4 is 5.69 Å². The number of hydrogen-bond donors (Lipinski definition) is 1. The molecule has 5 heteroatoms. The molecule has 94 valence electrons. The van der Waals surface area contributed by atoms with Gasteiger partial charge in [-0.25, -0.2) is 0 Å². The summed E-state index contributed by atoms with van der Waals surface area (Å²) in [6.45, 7) is 1.96. The molecule has 0 saturated carbocycles. The molecule has 1 aromatic carbocycles. The highest BCUT2D eigenvalue weighted by molar-refractivity contribution is 5.62. The fourth-order valence-electron chi connectivity index (χ4n) is 1.83. The monoisotopic (exact) mass is 252 g/mol. The summed E-state index contributed by atoms with van der Waals surface area (Å²) >= 11 is 0. The zero-order valence-corrected chi connectivity index (χ0v) is 10.4. The van der Waals surface area contributed by atoms with Crippen LogP contribution in [0.4, 0.5) is 5.69 Å². The fourth-order valence-corrected chi connectivity index (χ4v) is 1.83. The molecule has 0 fully saturated rings. The van der Waals surface area contributed by atoms with E-state index < -0.39 is 0 Å². The second-order valence-electron chi connectivity index (χ2n) is 4.22. The van der Waals surface area contributed by atoms with Gasteiger partial charge in [-0.15, -0.1) is 0 Å². The van der Waals surface area contributed by atoms with Gasteiger partial charge in [-0.3, -0.25) is 4.98 Å². The van der Waals surface area contributed by atoms with Crippen LogP contribution in [-0.4, -0.2) is 15.1 Å². The van der Waals surface area contributed by atoms with E-state index in [9.17, 15) is 0 Å². The molecule has 0 radical (unpaired) electrons. The fraction of sp³-hybridized carbons (Fsp3) is 0.0714. The molecule has 2 aromatic heterocycles. The van der Waals surface area contributed by atoms with Crippen molar-refractivity contribution < 1.29 is 4.52 Å². The molecule has 0 amide bonds. The number of nitrogen functional groups attached to an aromatic ring is 1. The van der Waals surface area contributed by atoms with Gasteiger partial charge in [-0.05, 0) is 36.8 Å². The van der Waals surface area contributed by atoms with Crippen LogP contribution in [-0.2, 0) is 0 Å². The van der Waals surface area contributed by atoms with Crippen molar-refractivity contribution in [2.75, 3.05) is 5.73 Å². The van der Waals surface area contributed by atoms with Crippen LogP contribution in [0.3, 0.4) is 0 Å². The maximum absolute atomic E-state index is 5.74. The van der Waals surface area contributed by atoms with Gasteiger partial charge in [-0.1, -0.05) is 17.3 Å². The van der Waals surface area contributed by atoms with Crippen LogP contribution >= 0.6 is 0 Å². The van der Waals surface area contributed by atoms with Gasteiger partial charge in [-0.2, -0.15) is 4.98 Å². The van der Waals surface area contributed by atoms with Crippen molar-refractivity contribution in [1.29, 1.82) is 0 Å². The van der Waals surface area contributed by atoms with Crippen LogP contribution in [0.2, 0.25) is 0 Å². The Balaban J connectivity index is 2.03. The van der Waals surface area contributed by atoms with E-state index in [0.717, 1.165) is 16.8 Å². The molecule has 2 heterocycles. The Morgan fingerprint density at radius 1 is 1.16 bits per heavy atom. The Labute approximate surface area is 110 Å². The van der Waals surface area contributed by atoms with Gasteiger partial charge in [0, 0.05) is 17.4 Å². The molecule has 0 saturated heterocycles. The van der Waals surface area contributed by atoms with E-state index in [0.29, 0.717) is 17.4 Å². The molecule has 0 unspecified atom stereocenters. The molecule has 0 aliphatic carbocycles. The normalized spacial score (nSPS) is 10.6. The summed E-state index contributed by atoms with van der Waals surface area (Å²) in [7, 11) is 0. The summed E-state index contributed by atoms with van der Waals surface area (Å²) in [4.78, 5) is 8.62. The maximum atomic E-state index is 5.74. The van der Waals surface area contributed by atoms with Crippen molar-refractivity contribution in [1.82, 2.24) is 15.1 Å². The van der Waals surface area contributed by atoms with Crippen LogP contribution in [0, 0.1) is 6.92 Å². The zero-order valence-electron chi connectivity index (χ0n) is 10.4. The minimum Gasteiger partial charge on any atom is -0.399 e. The van der Waals surface area contributed by atoms with Crippen LogP contribution < -0.4 is 5.73 Å². The first kappa shape index (κ1) is 11.4. The van der Waals surface area contributed by atoms with Crippen LogP contribution in [0.1, 0.15) is 5.56 Å².